The van der Waals surface area contributed by atoms with Gasteiger partial charge in [-0.1, -0.05) is 30.3 Å². The van der Waals surface area contributed by atoms with Gasteiger partial charge in [0, 0.05) is 6.54 Å². The van der Waals surface area contributed by atoms with Crippen LogP contribution in [0.15, 0.2) is 48.5 Å². The molecule has 26 heavy (non-hydrogen) atoms. The molecule has 0 aromatic heterocycles. The maximum atomic E-state index is 11.9. The zero-order valence-electron chi connectivity index (χ0n) is 13.7. The Morgan fingerprint density at radius 2 is 1.77 bits per heavy atom. The lowest BCUT2D eigenvalue weighted by Gasteiger charge is -2.08. The summed E-state index contributed by atoms with van der Waals surface area (Å²) in [6.45, 7) is -0.211. The van der Waals surface area contributed by atoms with Gasteiger partial charge in [-0.15, -0.1) is 0 Å². The molecule has 0 aliphatic carbocycles. The van der Waals surface area contributed by atoms with Crippen LogP contribution in [-0.4, -0.2) is 31.3 Å². The fourth-order valence-electron chi connectivity index (χ4n) is 2.22. The molecule has 2 aromatic rings. The smallest absolute Gasteiger partial charge is 0.338 e. The molecule has 1 aliphatic rings. The number of esters is 1. The molecular weight excluding hydrogens is 340 g/mol. The number of fused-ring (bicyclic) bond motifs is 1. The molecule has 0 radical (unpaired) electrons. The van der Waals surface area contributed by atoms with Gasteiger partial charge in [0.15, 0.2) is 18.1 Å². The maximum Gasteiger partial charge on any atom is 0.338 e. The van der Waals surface area contributed by atoms with E-state index in [9.17, 15) is 14.4 Å². The lowest BCUT2D eigenvalue weighted by molar-refractivity contribution is -0.123. The van der Waals surface area contributed by atoms with E-state index in [4.69, 9.17) is 14.2 Å². The average Bonchev–Trinajstić information content (AvgIpc) is 3.13. The monoisotopic (exact) mass is 356 g/mol. The fourth-order valence-corrected chi connectivity index (χ4v) is 2.22. The van der Waals surface area contributed by atoms with Gasteiger partial charge in [0.2, 0.25) is 6.79 Å². The van der Waals surface area contributed by atoms with E-state index >= 15 is 0 Å². The molecule has 134 valence electrons. The highest BCUT2D eigenvalue weighted by atomic mass is 16.7. The minimum Gasteiger partial charge on any atom is -0.454 e. The van der Waals surface area contributed by atoms with Crippen molar-refractivity contribution >= 4 is 17.9 Å². The average molecular weight is 356 g/mol. The van der Waals surface area contributed by atoms with Crippen molar-refractivity contribution in [1.29, 1.82) is 0 Å². The van der Waals surface area contributed by atoms with Crippen molar-refractivity contribution in [2.24, 2.45) is 0 Å². The van der Waals surface area contributed by atoms with E-state index in [1.807, 2.05) is 30.3 Å². The lowest BCUT2D eigenvalue weighted by atomic mass is 10.2. The van der Waals surface area contributed by atoms with Crippen molar-refractivity contribution in [2.45, 2.75) is 6.54 Å². The van der Waals surface area contributed by atoms with Crippen molar-refractivity contribution in [3.8, 4) is 11.5 Å². The van der Waals surface area contributed by atoms with Crippen LogP contribution in [0.25, 0.3) is 0 Å². The molecule has 0 unspecified atom stereocenters. The summed E-state index contributed by atoms with van der Waals surface area (Å²) in [7, 11) is 0. The first-order chi connectivity index (χ1) is 12.6. The summed E-state index contributed by atoms with van der Waals surface area (Å²) in [5, 5.41) is 4.62. The number of amides is 3. The first-order valence-corrected chi connectivity index (χ1v) is 7.80. The Bertz CT molecular complexity index is 822. The highest BCUT2D eigenvalue weighted by Crippen LogP contribution is 2.32. The van der Waals surface area contributed by atoms with Gasteiger partial charge in [-0.2, -0.15) is 0 Å². The first kappa shape index (κ1) is 17.3. The number of benzene rings is 2. The van der Waals surface area contributed by atoms with Gasteiger partial charge in [0.05, 0.1) is 5.56 Å². The lowest BCUT2D eigenvalue weighted by Crippen LogP contribution is -2.41. The van der Waals surface area contributed by atoms with Crippen LogP contribution < -0.4 is 20.1 Å². The van der Waals surface area contributed by atoms with Crippen LogP contribution in [0.1, 0.15) is 15.9 Å². The molecule has 1 heterocycles. The highest BCUT2D eigenvalue weighted by Gasteiger charge is 2.18. The Labute approximate surface area is 149 Å². The van der Waals surface area contributed by atoms with E-state index in [1.54, 1.807) is 6.07 Å². The number of hydrogen-bond acceptors (Lipinski definition) is 6. The predicted molar refractivity (Wildman–Crippen MR) is 89.7 cm³/mol. The Balaban J connectivity index is 1.42. The van der Waals surface area contributed by atoms with Gasteiger partial charge in [0.25, 0.3) is 5.91 Å². The molecule has 2 aromatic carbocycles. The summed E-state index contributed by atoms with van der Waals surface area (Å²) in [6.07, 6.45) is 0. The molecule has 0 bridgehead atoms. The zero-order chi connectivity index (χ0) is 18.4. The Morgan fingerprint density at radius 3 is 2.58 bits per heavy atom. The third-order valence-electron chi connectivity index (χ3n) is 3.49. The van der Waals surface area contributed by atoms with Crippen molar-refractivity contribution < 1.29 is 28.6 Å². The first-order valence-electron chi connectivity index (χ1n) is 7.80. The Morgan fingerprint density at radius 1 is 1.00 bits per heavy atom. The summed E-state index contributed by atoms with van der Waals surface area (Å²) in [6, 6.07) is 13.1. The van der Waals surface area contributed by atoms with Gasteiger partial charge in [-0.3, -0.25) is 10.1 Å². The molecule has 8 nitrogen and oxygen atoms in total. The van der Waals surface area contributed by atoms with Crippen LogP contribution in [0.2, 0.25) is 0 Å². The molecule has 1 aliphatic heterocycles. The molecule has 0 atom stereocenters. The van der Waals surface area contributed by atoms with Crippen molar-refractivity contribution in [3.63, 3.8) is 0 Å². The molecule has 2 N–H and O–H groups in total. The summed E-state index contributed by atoms with van der Waals surface area (Å²) in [4.78, 5) is 35.3. The minimum absolute atomic E-state index is 0.0916. The number of hydrogen-bond donors (Lipinski definition) is 2. The second-order valence-electron chi connectivity index (χ2n) is 5.36. The van der Waals surface area contributed by atoms with Gasteiger partial charge in [-0.25, -0.2) is 9.59 Å². The number of carbonyl (C=O) groups excluding carboxylic acids is 3. The fraction of sp³-hybridized carbons (Fsp3) is 0.167. The third kappa shape index (κ3) is 4.50. The van der Waals surface area contributed by atoms with Gasteiger partial charge < -0.3 is 19.5 Å². The number of carbonyl (C=O) groups is 3. The Hall–Kier alpha value is -3.55. The SMILES string of the molecule is O=C(COC(=O)c1ccc2c(c1)OCO2)NC(=O)NCc1ccccc1. The minimum atomic E-state index is -0.732. The number of urea groups is 1. The molecular formula is C18H16N2O6. The molecule has 0 saturated heterocycles. The van der Waals surface area contributed by atoms with Crippen LogP contribution in [0, 0.1) is 0 Å². The van der Waals surface area contributed by atoms with Crippen molar-refractivity contribution in [2.75, 3.05) is 13.4 Å². The van der Waals surface area contributed by atoms with Crippen LogP contribution in [0.3, 0.4) is 0 Å². The van der Waals surface area contributed by atoms with E-state index in [0.29, 0.717) is 11.5 Å². The third-order valence-corrected chi connectivity index (χ3v) is 3.49. The Kier molecular flexibility index (Phi) is 5.33. The van der Waals surface area contributed by atoms with Crippen molar-refractivity contribution in [1.82, 2.24) is 10.6 Å². The quantitative estimate of drug-likeness (QED) is 0.789. The van der Waals surface area contributed by atoms with Crippen LogP contribution in [0.5, 0.6) is 11.5 Å². The van der Waals surface area contributed by atoms with E-state index in [0.717, 1.165) is 5.56 Å². The largest absolute Gasteiger partial charge is 0.454 e. The molecule has 3 rings (SSSR count). The normalized spacial score (nSPS) is 11.5. The standard InChI is InChI=1S/C18H16N2O6/c21-16(20-18(23)19-9-12-4-2-1-3-5-12)10-24-17(22)13-6-7-14-15(8-13)26-11-25-14/h1-8H,9-11H2,(H2,19,20,21,23). The molecule has 3 amide bonds. The number of ether oxygens (including phenoxy) is 3. The van der Waals surface area contributed by atoms with Gasteiger partial charge >= 0.3 is 12.0 Å². The van der Waals surface area contributed by atoms with Crippen LogP contribution in [0.4, 0.5) is 4.79 Å². The van der Waals surface area contributed by atoms with Crippen molar-refractivity contribution in [3.05, 3.63) is 59.7 Å². The molecule has 0 fully saturated rings. The van der Waals surface area contributed by atoms with E-state index in [-0.39, 0.29) is 18.9 Å². The summed E-state index contributed by atoms with van der Waals surface area (Å²) in [5.74, 6) is -0.466. The topological polar surface area (TPSA) is 103 Å². The molecule has 0 spiro atoms. The van der Waals surface area contributed by atoms with Gasteiger partial charge in [-0.05, 0) is 23.8 Å². The molecule has 0 saturated carbocycles. The van der Waals surface area contributed by atoms with Crippen LogP contribution >= 0.6 is 0 Å². The predicted octanol–water partition coefficient (Wildman–Crippen LogP) is 1.60. The van der Waals surface area contributed by atoms with Gasteiger partial charge in [0.1, 0.15) is 0 Å². The van der Waals surface area contributed by atoms with E-state index in [1.165, 1.54) is 12.1 Å². The number of imide groups is 1. The maximum absolute atomic E-state index is 11.9. The number of rotatable bonds is 5. The summed E-state index contributed by atoms with van der Waals surface area (Å²) >= 11 is 0. The van der Waals surface area contributed by atoms with E-state index < -0.39 is 24.5 Å². The number of nitrogens with one attached hydrogen (secondary N) is 2. The second-order valence-corrected chi connectivity index (χ2v) is 5.36. The molecule has 8 heteroatoms. The van der Waals surface area contributed by atoms with E-state index in [2.05, 4.69) is 10.6 Å². The zero-order valence-corrected chi connectivity index (χ0v) is 13.7. The summed E-state index contributed by atoms with van der Waals surface area (Å²) < 4.78 is 15.2. The summed E-state index contributed by atoms with van der Waals surface area (Å²) in [5.41, 5.74) is 1.11. The highest BCUT2D eigenvalue weighted by molar-refractivity contribution is 5.97. The second kappa shape index (κ2) is 8.02. The van der Waals surface area contributed by atoms with Crippen LogP contribution in [-0.2, 0) is 16.1 Å².